The molecule has 62 valence electrons. The largest absolute Gasteiger partial charge is 0.351 e. The van der Waals surface area contributed by atoms with E-state index in [0.717, 1.165) is 25.9 Å². The summed E-state index contributed by atoms with van der Waals surface area (Å²) in [6.45, 7) is 1.76. The van der Waals surface area contributed by atoms with Crippen LogP contribution in [0.1, 0.15) is 12.8 Å². The Balaban J connectivity index is 2.07. The van der Waals surface area contributed by atoms with Gasteiger partial charge in [0.2, 0.25) is 0 Å². The van der Waals surface area contributed by atoms with E-state index in [2.05, 4.69) is 5.32 Å². The molecule has 0 aromatic heterocycles. The molecule has 2 bridgehead atoms. The van der Waals surface area contributed by atoms with Gasteiger partial charge in [0.25, 0.3) is 0 Å². The van der Waals surface area contributed by atoms with Crippen LogP contribution in [-0.2, 0) is 0 Å². The number of carbonyl (C=O) groups is 1. The number of urea groups is 1. The number of hydrogen-bond acceptors (Lipinski definition) is 2. The van der Waals surface area contributed by atoms with Gasteiger partial charge in [0.1, 0.15) is 0 Å². The first-order valence-electron chi connectivity index (χ1n) is 4.07. The minimum Gasteiger partial charge on any atom is -0.351 e. The number of primary amides is 1. The predicted octanol–water partition coefficient (Wildman–Crippen LogP) is -0.499. The van der Waals surface area contributed by atoms with E-state index in [0.29, 0.717) is 12.1 Å². The van der Waals surface area contributed by atoms with Gasteiger partial charge >= 0.3 is 6.03 Å². The van der Waals surface area contributed by atoms with Crippen LogP contribution in [0.25, 0.3) is 0 Å². The van der Waals surface area contributed by atoms with Crippen molar-refractivity contribution in [3.63, 3.8) is 0 Å². The van der Waals surface area contributed by atoms with Gasteiger partial charge in [-0.1, -0.05) is 0 Å². The van der Waals surface area contributed by atoms with Gasteiger partial charge in [-0.3, -0.25) is 0 Å². The van der Waals surface area contributed by atoms with Crippen LogP contribution in [0.3, 0.4) is 0 Å². The van der Waals surface area contributed by atoms with E-state index in [4.69, 9.17) is 5.73 Å². The summed E-state index contributed by atoms with van der Waals surface area (Å²) in [5.74, 6) is 0. The average Bonchev–Trinajstić information content (AvgIpc) is 2.32. The van der Waals surface area contributed by atoms with Crippen molar-refractivity contribution in [3.05, 3.63) is 0 Å². The van der Waals surface area contributed by atoms with Crippen molar-refractivity contribution in [1.29, 1.82) is 0 Å². The monoisotopic (exact) mass is 155 g/mol. The van der Waals surface area contributed by atoms with Crippen molar-refractivity contribution in [1.82, 2.24) is 10.2 Å². The lowest BCUT2D eigenvalue weighted by Crippen LogP contribution is -2.47. The molecule has 2 unspecified atom stereocenters. The van der Waals surface area contributed by atoms with E-state index >= 15 is 0 Å². The molecule has 2 aliphatic heterocycles. The van der Waals surface area contributed by atoms with Gasteiger partial charge in [-0.15, -0.1) is 0 Å². The second-order valence-corrected chi connectivity index (χ2v) is 3.32. The summed E-state index contributed by atoms with van der Waals surface area (Å²) in [7, 11) is 0. The standard InChI is InChI=1S/C7H13N3O/c8-7(11)10-2-1-5-3-6(10)4-9-5/h5-6,9H,1-4H2,(H2,8,11). The maximum atomic E-state index is 10.9. The van der Waals surface area contributed by atoms with Gasteiger partial charge < -0.3 is 16.0 Å². The molecule has 4 heteroatoms. The molecule has 2 amide bonds. The van der Waals surface area contributed by atoms with E-state index in [-0.39, 0.29) is 6.03 Å². The summed E-state index contributed by atoms with van der Waals surface area (Å²) in [5.41, 5.74) is 5.21. The number of nitrogens with one attached hydrogen (secondary N) is 1. The number of fused-ring (bicyclic) bond motifs is 2. The molecule has 3 N–H and O–H groups in total. The third-order valence-electron chi connectivity index (χ3n) is 2.64. The maximum absolute atomic E-state index is 10.9. The molecule has 2 fully saturated rings. The average molecular weight is 155 g/mol. The Morgan fingerprint density at radius 3 is 3.18 bits per heavy atom. The smallest absolute Gasteiger partial charge is 0.315 e. The summed E-state index contributed by atoms with van der Waals surface area (Å²) in [5, 5.41) is 3.35. The Hall–Kier alpha value is -0.770. The van der Waals surface area contributed by atoms with E-state index < -0.39 is 0 Å². The van der Waals surface area contributed by atoms with E-state index in [1.54, 1.807) is 4.90 Å². The summed E-state index contributed by atoms with van der Waals surface area (Å²) in [6.07, 6.45) is 2.14. The van der Waals surface area contributed by atoms with E-state index in [1.165, 1.54) is 0 Å². The van der Waals surface area contributed by atoms with E-state index in [1.807, 2.05) is 0 Å². The SMILES string of the molecule is NC(=O)N1CCC2CC1CN2. The highest BCUT2D eigenvalue weighted by molar-refractivity contribution is 5.72. The normalized spacial score (nSPS) is 35.8. The van der Waals surface area contributed by atoms with Crippen molar-refractivity contribution < 1.29 is 4.79 Å². The van der Waals surface area contributed by atoms with Gasteiger partial charge in [-0.25, -0.2) is 4.79 Å². The predicted molar refractivity (Wildman–Crippen MR) is 41.1 cm³/mol. The summed E-state index contributed by atoms with van der Waals surface area (Å²) < 4.78 is 0. The lowest BCUT2D eigenvalue weighted by molar-refractivity contribution is 0.175. The second-order valence-electron chi connectivity index (χ2n) is 3.32. The summed E-state index contributed by atoms with van der Waals surface area (Å²) in [6, 6.07) is 0.735. The number of hydrogen-bond donors (Lipinski definition) is 2. The van der Waals surface area contributed by atoms with Crippen LogP contribution in [0.2, 0.25) is 0 Å². The number of likely N-dealkylation sites (tertiary alicyclic amines) is 1. The number of nitrogens with zero attached hydrogens (tertiary/aromatic N) is 1. The fourth-order valence-corrected chi connectivity index (χ4v) is 2.02. The van der Waals surface area contributed by atoms with Crippen LogP contribution in [0.15, 0.2) is 0 Å². The first-order valence-corrected chi connectivity index (χ1v) is 4.07. The van der Waals surface area contributed by atoms with Gasteiger partial charge in [-0.05, 0) is 12.8 Å². The fraction of sp³-hybridized carbons (Fsp3) is 0.857. The molecular weight excluding hydrogens is 142 g/mol. The molecule has 11 heavy (non-hydrogen) atoms. The molecule has 0 saturated carbocycles. The van der Waals surface area contributed by atoms with Crippen LogP contribution < -0.4 is 11.1 Å². The molecule has 0 aromatic carbocycles. The molecule has 0 aliphatic carbocycles. The number of piperidine rings is 1. The topological polar surface area (TPSA) is 58.4 Å². The Kier molecular flexibility index (Phi) is 1.49. The minimum absolute atomic E-state index is 0.267. The van der Waals surface area contributed by atoms with Crippen molar-refractivity contribution in [2.45, 2.75) is 24.9 Å². The molecule has 4 nitrogen and oxygen atoms in total. The van der Waals surface area contributed by atoms with Crippen molar-refractivity contribution in [2.24, 2.45) is 5.73 Å². The summed E-state index contributed by atoms with van der Waals surface area (Å²) in [4.78, 5) is 12.6. The van der Waals surface area contributed by atoms with Gasteiger partial charge in [-0.2, -0.15) is 0 Å². The van der Waals surface area contributed by atoms with E-state index in [9.17, 15) is 4.79 Å². The first-order chi connectivity index (χ1) is 5.27. The molecule has 2 atom stereocenters. The highest BCUT2D eigenvalue weighted by Crippen LogP contribution is 2.21. The minimum atomic E-state index is -0.267. The zero-order chi connectivity index (χ0) is 7.84. The van der Waals surface area contributed by atoms with Crippen molar-refractivity contribution in [3.8, 4) is 0 Å². The Labute approximate surface area is 65.7 Å². The molecule has 2 heterocycles. The van der Waals surface area contributed by atoms with Gasteiger partial charge in [0.05, 0.1) is 0 Å². The number of amides is 2. The molecule has 2 aliphatic rings. The first kappa shape index (κ1) is 6.91. The second kappa shape index (κ2) is 2.37. The maximum Gasteiger partial charge on any atom is 0.315 e. The molecule has 0 spiro atoms. The molecule has 0 aromatic rings. The molecule has 2 rings (SSSR count). The highest BCUT2D eigenvalue weighted by Gasteiger charge is 2.35. The lowest BCUT2D eigenvalue weighted by Gasteiger charge is -2.30. The van der Waals surface area contributed by atoms with Crippen LogP contribution in [-0.4, -0.2) is 36.1 Å². The number of rotatable bonds is 0. The summed E-state index contributed by atoms with van der Waals surface area (Å²) >= 11 is 0. The highest BCUT2D eigenvalue weighted by atomic mass is 16.2. The zero-order valence-electron chi connectivity index (χ0n) is 6.42. The van der Waals surface area contributed by atoms with Crippen molar-refractivity contribution in [2.75, 3.05) is 13.1 Å². The lowest BCUT2D eigenvalue weighted by atomic mass is 10.0. The van der Waals surface area contributed by atoms with Crippen LogP contribution in [0.4, 0.5) is 4.79 Å². The molecular formula is C7H13N3O. The van der Waals surface area contributed by atoms with Crippen LogP contribution >= 0.6 is 0 Å². The zero-order valence-corrected chi connectivity index (χ0v) is 6.42. The van der Waals surface area contributed by atoms with Crippen LogP contribution in [0.5, 0.6) is 0 Å². The number of nitrogens with two attached hydrogens (primary N) is 1. The van der Waals surface area contributed by atoms with Crippen molar-refractivity contribution >= 4 is 6.03 Å². The third-order valence-corrected chi connectivity index (χ3v) is 2.64. The molecule has 0 radical (unpaired) electrons. The van der Waals surface area contributed by atoms with Crippen LogP contribution in [0, 0.1) is 0 Å². The quantitative estimate of drug-likeness (QED) is 0.495. The Morgan fingerprint density at radius 2 is 2.45 bits per heavy atom. The Bertz CT molecular complexity index is 183. The fourth-order valence-electron chi connectivity index (χ4n) is 2.02. The Morgan fingerprint density at radius 1 is 1.64 bits per heavy atom. The van der Waals surface area contributed by atoms with Gasteiger partial charge in [0, 0.05) is 25.2 Å². The van der Waals surface area contributed by atoms with Gasteiger partial charge in [0.15, 0.2) is 0 Å². The third kappa shape index (κ3) is 1.07. The molecule has 2 saturated heterocycles. The number of carbonyl (C=O) groups excluding carboxylic acids is 1.